The van der Waals surface area contributed by atoms with E-state index in [0.717, 1.165) is 10.1 Å². The highest BCUT2D eigenvalue weighted by Crippen LogP contribution is 2.15. The molecule has 3 aromatic carbocycles. The topological polar surface area (TPSA) is 150 Å². The van der Waals surface area contributed by atoms with Crippen molar-refractivity contribution in [1.29, 1.82) is 0 Å². The van der Waals surface area contributed by atoms with Gasteiger partial charge in [0.1, 0.15) is 18.1 Å². The average Bonchev–Trinajstić information content (AvgIpc) is 2.96. The van der Waals surface area contributed by atoms with Gasteiger partial charge in [0.2, 0.25) is 11.8 Å². The van der Waals surface area contributed by atoms with E-state index in [1.165, 1.54) is 0 Å². The third kappa shape index (κ3) is 7.39. The standard InChI is InChI=1S/C32H34N4O6/c1-20(2)17-26(31(40)41)34-28(37)25(18-21-11-5-3-6-12-21)33-29(38)27(19-22-13-7-4-8-14-22)36-30(39)23-15-9-10-16-24(23)35-32(36)42/h3-16,20,25-27H,17-19H2,1-2H3,(H,33,38)(H,34,37)(H,35,42)(H,40,41)/t25-,26-,27-/m0/s1. The summed E-state index contributed by atoms with van der Waals surface area (Å²) in [6.45, 7) is 3.69. The number of carboxylic acid groups (broad SMARTS) is 1. The Morgan fingerprint density at radius 2 is 1.31 bits per heavy atom. The molecule has 0 unspecified atom stereocenters. The summed E-state index contributed by atoms with van der Waals surface area (Å²) in [6, 6.07) is 20.8. The lowest BCUT2D eigenvalue weighted by atomic mass is 10.0. The van der Waals surface area contributed by atoms with Crippen molar-refractivity contribution in [1.82, 2.24) is 20.2 Å². The Balaban J connectivity index is 1.73. The third-order valence-electron chi connectivity index (χ3n) is 6.96. The SMILES string of the molecule is CC(C)C[C@H](NC(=O)[C@H](Cc1ccccc1)NC(=O)[C@H](Cc1ccccc1)n1c(=O)[nH]c2ccccc2c1=O)C(=O)O. The molecule has 1 heterocycles. The van der Waals surface area contributed by atoms with E-state index in [0.29, 0.717) is 11.1 Å². The number of nitrogens with one attached hydrogen (secondary N) is 3. The molecule has 0 saturated carbocycles. The van der Waals surface area contributed by atoms with Gasteiger partial charge in [0, 0.05) is 12.8 Å². The van der Waals surface area contributed by atoms with Gasteiger partial charge in [-0.15, -0.1) is 0 Å². The normalized spacial score (nSPS) is 13.3. The second-order valence-corrected chi connectivity index (χ2v) is 10.6. The van der Waals surface area contributed by atoms with Crippen molar-refractivity contribution in [3.63, 3.8) is 0 Å². The summed E-state index contributed by atoms with van der Waals surface area (Å²) in [7, 11) is 0. The Labute approximate surface area is 242 Å². The highest BCUT2D eigenvalue weighted by atomic mass is 16.4. The van der Waals surface area contributed by atoms with E-state index in [4.69, 9.17) is 0 Å². The quantitative estimate of drug-likeness (QED) is 0.206. The van der Waals surface area contributed by atoms with Gasteiger partial charge in [-0.25, -0.2) is 14.2 Å². The monoisotopic (exact) mass is 570 g/mol. The molecule has 4 aromatic rings. The molecular weight excluding hydrogens is 536 g/mol. The van der Waals surface area contributed by atoms with Crippen LogP contribution in [0.25, 0.3) is 10.9 Å². The smallest absolute Gasteiger partial charge is 0.329 e. The molecule has 2 amide bonds. The number of rotatable bonds is 12. The molecule has 0 aliphatic heterocycles. The molecular formula is C32H34N4O6. The zero-order chi connectivity index (χ0) is 30.2. The van der Waals surface area contributed by atoms with Gasteiger partial charge in [-0.2, -0.15) is 0 Å². The fourth-order valence-electron chi connectivity index (χ4n) is 4.89. The largest absolute Gasteiger partial charge is 0.480 e. The maximum Gasteiger partial charge on any atom is 0.329 e. The molecule has 4 N–H and O–H groups in total. The van der Waals surface area contributed by atoms with Crippen molar-refractivity contribution in [2.24, 2.45) is 5.92 Å². The minimum absolute atomic E-state index is 0.00121. The van der Waals surface area contributed by atoms with E-state index in [2.05, 4.69) is 15.6 Å². The first kappa shape index (κ1) is 30.0. The molecule has 0 aliphatic rings. The zero-order valence-electron chi connectivity index (χ0n) is 23.4. The van der Waals surface area contributed by atoms with Crippen LogP contribution in [0.2, 0.25) is 0 Å². The number of aromatic nitrogens is 2. The van der Waals surface area contributed by atoms with Crippen molar-refractivity contribution in [2.45, 2.75) is 51.2 Å². The van der Waals surface area contributed by atoms with Gasteiger partial charge < -0.3 is 20.7 Å². The van der Waals surface area contributed by atoms with Crippen LogP contribution in [0.5, 0.6) is 0 Å². The van der Waals surface area contributed by atoms with Gasteiger partial charge >= 0.3 is 11.7 Å². The van der Waals surface area contributed by atoms with Crippen LogP contribution in [-0.2, 0) is 27.2 Å². The Morgan fingerprint density at radius 1 is 0.762 bits per heavy atom. The summed E-state index contributed by atoms with van der Waals surface area (Å²) in [5.74, 6) is -2.60. The molecule has 0 saturated heterocycles. The number of hydrogen-bond donors (Lipinski definition) is 4. The molecule has 1 aromatic heterocycles. The summed E-state index contributed by atoms with van der Waals surface area (Å²) in [4.78, 5) is 68.7. The molecule has 0 spiro atoms. The molecule has 4 rings (SSSR count). The summed E-state index contributed by atoms with van der Waals surface area (Å²) in [5, 5.41) is 15.2. The van der Waals surface area contributed by atoms with E-state index >= 15 is 0 Å². The van der Waals surface area contributed by atoms with E-state index < -0.39 is 47.2 Å². The van der Waals surface area contributed by atoms with Gasteiger partial charge in [-0.05, 0) is 35.6 Å². The zero-order valence-corrected chi connectivity index (χ0v) is 23.4. The lowest BCUT2D eigenvalue weighted by Crippen LogP contribution is -2.55. The second kappa shape index (κ2) is 13.6. The highest BCUT2D eigenvalue weighted by molar-refractivity contribution is 5.92. The number of amides is 2. The number of fused-ring (bicyclic) bond motifs is 1. The third-order valence-corrected chi connectivity index (χ3v) is 6.96. The maximum atomic E-state index is 14.0. The number of aromatic amines is 1. The van der Waals surface area contributed by atoms with Crippen molar-refractivity contribution in [3.8, 4) is 0 Å². The van der Waals surface area contributed by atoms with Gasteiger partial charge in [0.25, 0.3) is 5.56 Å². The molecule has 3 atom stereocenters. The predicted octanol–water partition coefficient (Wildman–Crippen LogP) is 2.82. The fraction of sp³-hybridized carbons (Fsp3) is 0.281. The minimum atomic E-state index is -1.30. The van der Waals surface area contributed by atoms with E-state index in [-0.39, 0.29) is 30.6 Å². The van der Waals surface area contributed by atoms with Gasteiger partial charge in [0.05, 0.1) is 10.9 Å². The second-order valence-electron chi connectivity index (χ2n) is 10.6. The van der Waals surface area contributed by atoms with E-state index in [9.17, 15) is 29.1 Å². The van der Waals surface area contributed by atoms with Crippen LogP contribution in [0.15, 0.2) is 94.5 Å². The summed E-state index contributed by atoms with van der Waals surface area (Å²) in [5.41, 5.74) is 0.367. The number of aliphatic carboxylic acids is 1. The lowest BCUT2D eigenvalue weighted by molar-refractivity contribution is -0.142. The number of carboxylic acids is 1. The van der Waals surface area contributed by atoms with Crippen LogP contribution in [0.1, 0.15) is 37.4 Å². The van der Waals surface area contributed by atoms with E-state index in [1.807, 2.05) is 26.0 Å². The Morgan fingerprint density at radius 3 is 1.90 bits per heavy atom. The highest BCUT2D eigenvalue weighted by Gasteiger charge is 2.31. The molecule has 10 heteroatoms. The van der Waals surface area contributed by atoms with Crippen molar-refractivity contribution < 1.29 is 19.5 Å². The number of nitrogens with zero attached hydrogens (tertiary/aromatic N) is 1. The number of carbonyl (C=O) groups excluding carboxylic acids is 2. The number of H-pyrrole nitrogens is 1. The molecule has 10 nitrogen and oxygen atoms in total. The lowest BCUT2D eigenvalue weighted by Gasteiger charge is -2.25. The molecule has 0 bridgehead atoms. The number of carbonyl (C=O) groups is 3. The first-order valence-corrected chi connectivity index (χ1v) is 13.8. The summed E-state index contributed by atoms with van der Waals surface area (Å²) >= 11 is 0. The van der Waals surface area contributed by atoms with Crippen LogP contribution in [0, 0.1) is 5.92 Å². The summed E-state index contributed by atoms with van der Waals surface area (Å²) in [6.07, 6.45) is 0.262. The average molecular weight is 571 g/mol. The van der Waals surface area contributed by atoms with E-state index in [1.54, 1.807) is 72.8 Å². The molecule has 218 valence electrons. The molecule has 0 aliphatic carbocycles. The van der Waals surface area contributed by atoms with Crippen LogP contribution in [-0.4, -0.2) is 44.5 Å². The van der Waals surface area contributed by atoms with Gasteiger partial charge in [-0.1, -0.05) is 86.6 Å². The van der Waals surface area contributed by atoms with Crippen LogP contribution >= 0.6 is 0 Å². The van der Waals surface area contributed by atoms with Crippen LogP contribution < -0.4 is 21.9 Å². The fourth-order valence-corrected chi connectivity index (χ4v) is 4.89. The van der Waals surface area contributed by atoms with Crippen LogP contribution in [0.3, 0.4) is 0 Å². The molecule has 42 heavy (non-hydrogen) atoms. The predicted molar refractivity (Wildman–Crippen MR) is 159 cm³/mol. The maximum absolute atomic E-state index is 14.0. The Bertz CT molecular complexity index is 1660. The van der Waals surface area contributed by atoms with Crippen molar-refractivity contribution >= 4 is 28.7 Å². The van der Waals surface area contributed by atoms with Gasteiger partial charge in [0.15, 0.2) is 0 Å². The summed E-state index contributed by atoms with van der Waals surface area (Å²) < 4.78 is 0.876. The first-order chi connectivity index (χ1) is 20.1. The molecule has 0 fully saturated rings. The first-order valence-electron chi connectivity index (χ1n) is 13.8. The molecule has 0 radical (unpaired) electrons. The number of para-hydroxylation sites is 1. The van der Waals surface area contributed by atoms with Gasteiger partial charge in [-0.3, -0.25) is 14.4 Å². The number of hydrogen-bond acceptors (Lipinski definition) is 5. The number of benzene rings is 3. The van der Waals surface area contributed by atoms with Crippen molar-refractivity contribution in [3.05, 3.63) is 117 Å². The Kier molecular flexibility index (Phi) is 9.69. The minimum Gasteiger partial charge on any atom is -0.480 e. The van der Waals surface area contributed by atoms with Crippen LogP contribution in [0.4, 0.5) is 0 Å². The van der Waals surface area contributed by atoms with Crippen molar-refractivity contribution in [2.75, 3.05) is 0 Å². The Hall–Kier alpha value is -4.99.